The second kappa shape index (κ2) is 7.59. The molecular weight excluding hydrogens is 354 g/mol. The van der Waals surface area contributed by atoms with Gasteiger partial charge in [0.15, 0.2) is 5.69 Å². The minimum Gasteiger partial charge on any atom is -0.494 e. The molecule has 0 aliphatic rings. The molecule has 1 aromatic carbocycles. The van der Waals surface area contributed by atoms with Gasteiger partial charge in [-0.05, 0) is 31.2 Å². The molecule has 0 aliphatic carbocycles. The summed E-state index contributed by atoms with van der Waals surface area (Å²) in [6.07, 6.45) is 1.10. The maximum absolute atomic E-state index is 12.3. The van der Waals surface area contributed by atoms with Crippen LogP contribution in [-0.2, 0) is 9.84 Å². The Morgan fingerprint density at radius 2 is 1.92 bits per heavy atom. The number of carbonyl (C=O) groups excluding carboxylic acids is 1. The average molecular weight is 370 g/mol. The molecular formula is C15H16ClN3O4S. The van der Waals surface area contributed by atoms with Gasteiger partial charge in [-0.25, -0.2) is 18.4 Å². The fourth-order valence-electron chi connectivity index (χ4n) is 1.78. The molecule has 1 heterocycles. The number of aromatic nitrogens is 2. The van der Waals surface area contributed by atoms with Crippen molar-refractivity contribution in [2.24, 2.45) is 0 Å². The lowest BCUT2D eigenvalue weighted by atomic mass is 10.3. The van der Waals surface area contributed by atoms with Gasteiger partial charge in [-0.15, -0.1) is 0 Å². The first-order valence-corrected chi connectivity index (χ1v) is 9.20. The van der Waals surface area contributed by atoms with Gasteiger partial charge >= 0.3 is 0 Å². The molecule has 2 aromatic rings. The van der Waals surface area contributed by atoms with Crippen LogP contribution in [0, 0.1) is 0 Å². The van der Waals surface area contributed by atoms with Crippen LogP contribution >= 0.6 is 11.6 Å². The van der Waals surface area contributed by atoms with Crippen molar-refractivity contribution in [3.63, 3.8) is 0 Å². The second-order valence-corrected chi connectivity index (χ2v) is 7.24. The lowest BCUT2D eigenvalue weighted by Gasteiger charge is -2.08. The molecule has 1 N–H and O–H groups in total. The van der Waals surface area contributed by atoms with Gasteiger partial charge in [-0.3, -0.25) is 4.79 Å². The van der Waals surface area contributed by atoms with Crippen molar-refractivity contribution in [1.29, 1.82) is 0 Å². The van der Waals surface area contributed by atoms with Crippen molar-refractivity contribution in [2.75, 3.05) is 17.7 Å². The van der Waals surface area contributed by atoms with E-state index in [1.807, 2.05) is 6.92 Å². The van der Waals surface area contributed by atoms with Gasteiger partial charge in [0.25, 0.3) is 5.91 Å². The van der Waals surface area contributed by atoms with Crippen LogP contribution in [0.5, 0.6) is 5.75 Å². The number of halogens is 1. The van der Waals surface area contributed by atoms with Gasteiger partial charge in [-0.2, -0.15) is 0 Å². The molecule has 0 spiro atoms. The number of amides is 1. The molecule has 1 aromatic heterocycles. The number of nitrogens with zero attached hydrogens (tertiary/aromatic N) is 2. The smallest absolute Gasteiger partial charge is 0.275 e. The summed E-state index contributed by atoms with van der Waals surface area (Å²) in [5, 5.41) is 2.14. The third-order valence-corrected chi connectivity index (χ3v) is 4.81. The summed E-state index contributed by atoms with van der Waals surface area (Å²) in [7, 11) is -3.63. The number of carbonyl (C=O) groups is 1. The van der Waals surface area contributed by atoms with E-state index in [1.54, 1.807) is 24.3 Å². The Kier molecular flexibility index (Phi) is 5.74. The van der Waals surface area contributed by atoms with Crippen LogP contribution in [-0.4, -0.2) is 36.7 Å². The van der Waals surface area contributed by atoms with Crippen LogP contribution in [0.4, 0.5) is 5.69 Å². The summed E-state index contributed by atoms with van der Waals surface area (Å²) >= 11 is 5.92. The standard InChI is InChI=1S/C15H16ClN3O4S/c1-3-23-11-7-5-10(6-8-11)18-14(20)13-12(16)9-17-15(19-13)24(21,22)4-2/h5-9H,3-4H2,1-2H3,(H,18,20). The van der Waals surface area contributed by atoms with Crippen LogP contribution in [0.2, 0.25) is 5.02 Å². The molecule has 0 radical (unpaired) electrons. The molecule has 0 fully saturated rings. The van der Waals surface area contributed by atoms with E-state index in [-0.39, 0.29) is 16.5 Å². The number of hydrogen-bond donors (Lipinski definition) is 1. The van der Waals surface area contributed by atoms with E-state index >= 15 is 0 Å². The summed E-state index contributed by atoms with van der Waals surface area (Å²) in [5.41, 5.74) is 0.297. The number of benzene rings is 1. The Bertz CT molecular complexity index is 838. The number of rotatable bonds is 6. The van der Waals surface area contributed by atoms with E-state index in [2.05, 4.69) is 15.3 Å². The molecule has 0 bridgehead atoms. The highest BCUT2D eigenvalue weighted by atomic mass is 35.5. The molecule has 0 unspecified atom stereocenters. The molecule has 128 valence electrons. The van der Waals surface area contributed by atoms with E-state index in [0.717, 1.165) is 6.20 Å². The monoisotopic (exact) mass is 369 g/mol. The van der Waals surface area contributed by atoms with E-state index in [1.165, 1.54) is 6.92 Å². The molecule has 24 heavy (non-hydrogen) atoms. The molecule has 0 aliphatic heterocycles. The largest absolute Gasteiger partial charge is 0.494 e. The highest BCUT2D eigenvalue weighted by Gasteiger charge is 2.21. The Morgan fingerprint density at radius 3 is 2.50 bits per heavy atom. The zero-order valence-electron chi connectivity index (χ0n) is 13.1. The minimum absolute atomic E-state index is 0.0338. The maximum atomic E-state index is 12.3. The van der Waals surface area contributed by atoms with Crippen LogP contribution in [0.3, 0.4) is 0 Å². The summed E-state index contributed by atoms with van der Waals surface area (Å²) in [6.45, 7) is 3.87. The third kappa shape index (κ3) is 4.21. The van der Waals surface area contributed by atoms with Crippen molar-refractivity contribution in [3.8, 4) is 5.75 Å². The molecule has 2 rings (SSSR count). The highest BCUT2D eigenvalue weighted by Crippen LogP contribution is 2.19. The molecule has 0 saturated carbocycles. The number of nitrogens with one attached hydrogen (secondary N) is 1. The number of sulfone groups is 1. The quantitative estimate of drug-likeness (QED) is 0.786. The Balaban J connectivity index is 2.24. The molecule has 7 nitrogen and oxygen atoms in total. The molecule has 1 amide bonds. The molecule has 0 atom stereocenters. The SMILES string of the molecule is CCOc1ccc(NC(=O)c2nc(S(=O)(=O)CC)ncc2Cl)cc1. The van der Waals surface area contributed by atoms with Crippen LogP contribution in [0.15, 0.2) is 35.6 Å². The number of anilines is 1. The van der Waals surface area contributed by atoms with Crippen molar-refractivity contribution in [3.05, 3.63) is 41.2 Å². The van der Waals surface area contributed by atoms with E-state index < -0.39 is 20.9 Å². The van der Waals surface area contributed by atoms with E-state index in [4.69, 9.17) is 16.3 Å². The fourth-order valence-corrected chi connectivity index (χ4v) is 2.66. The summed E-state index contributed by atoms with van der Waals surface area (Å²) < 4.78 is 29.0. The van der Waals surface area contributed by atoms with E-state index in [9.17, 15) is 13.2 Å². The van der Waals surface area contributed by atoms with Gasteiger partial charge in [0, 0.05) is 5.69 Å². The van der Waals surface area contributed by atoms with Gasteiger partial charge in [0.05, 0.1) is 23.6 Å². The van der Waals surface area contributed by atoms with E-state index in [0.29, 0.717) is 18.0 Å². The average Bonchev–Trinajstić information content (AvgIpc) is 2.57. The summed E-state index contributed by atoms with van der Waals surface area (Å²) in [4.78, 5) is 19.8. The van der Waals surface area contributed by atoms with Crippen molar-refractivity contribution >= 4 is 33.0 Å². The second-order valence-electron chi connectivity index (χ2n) is 4.66. The minimum atomic E-state index is -3.63. The third-order valence-electron chi connectivity index (χ3n) is 3.02. The molecule has 9 heteroatoms. The Morgan fingerprint density at radius 1 is 1.25 bits per heavy atom. The van der Waals surface area contributed by atoms with Crippen LogP contribution in [0.1, 0.15) is 24.3 Å². The first-order valence-electron chi connectivity index (χ1n) is 7.17. The van der Waals surface area contributed by atoms with Crippen molar-refractivity contribution in [2.45, 2.75) is 19.0 Å². The number of ether oxygens (including phenoxy) is 1. The maximum Gasteiger partial charge on any atom is 0.275 e. The Labute approximate surface area is 145 Å². The predicted octanol–water partition coefficient (Wildman–Crippen LogP) is 2.57. The van der Waals surface area contributed by atoms with Gasteiger partial charge in [0.2, 0.25) is 15.0 Å². The predicted molar refractivity (Wildman–Crippen MR) is 90.3 cm³/mol. The highest BCUT2D eigenvalue weighted by molar-refractivity contribution is 7.91. The number of hydrogen-bond acceptors (Lipinski definition) is 6. The van der Waals surface area contributed by atoms with Gasteiger partial charge < -0.3 is 10.1 Å². The van der Waals surface area contributed by atoms with Crippen molar-refractivity contribution in [1.82, 2.24) is 9.97 Å². The van der Waals surface area contributed by atoms with Crippen LogP contribution < -0.4 is 10.1 Å². The lowest BCUT2D eigenvalue weighted by molar-refractivity contribution is 0.102. The van der Waals surface area contributed by atoms with Crippen LogP contribution in [0.25, 0.3) is 0 Å². The Hall–Kier alpha value is -2.19. The van der Waals surface area contributed by atoms with Crippen molar-refractivity contribution < 1.29 is 17.9 Å². The normalized spacial score (nSPS) is 11.1. The molecule has 0 saturated heterocycles. The van der Waals surface area contributed by atoms with Gasteiger partial charge in [0.1, 0.15) is 5.75 Å². The summed E-state index contributed by atoms with van der Waals surface area (Å²) in [5.74, 6) is -0.125. The topological polar surface area (TPSA) is 98.2 Å². The first kappa shape index (κ1) is 18.2. The fraction of sp³-hybridized carbons (Fsp3) is 0.267. The summed E-state index contributed by atoms with van der Waals surface area (Å²) in [6, 6.07) is 6.71. The lowest BCUT2D eigenvalue weighted by Crippen LogP contribution is -2.18. The first-order chi connectivity index (χ1) is 11.4. The van der Waals surface area contributed by atoms with Gasteiger partial charge in [-0.1, -0.05) is 18.5 Å². The zero-order valence-corrected chi connectivity index (χ0v) is 14.7. The zero-order chi connectivity index (χ0) is 17.7.